The van der Waals surface area contributed by atoms with E-state index in [1.807, 2.05) is 53.6 Å². The van der Waals surface area contributed by atoms with Crippen LogP contribution in [0.25, 0.3) is 6.08 Å². The first kappa shape index (κ1) is 22.2. The van der Waals surface area contributed by atoms with E-state index < -0.39 is 34.2 Å². The number of nitrogens with zero attached hydrogens (tertiary/aromatic N) is 3. The molecular weight excluding hydrogens is 444 g/mol. The fraction of sp³-hybridized carbons (Fsp3) is 0.185. The monoisotopic (exact) mass is 466 g/mol. The van der Waals surface area contributed by atoms with Crippen LogP contribution in [-0.2, 0) is 4.79 Å². The molecule has 0 bridgehead atoms. The van der Waals surface area contributed by atoms with Crippen LogP contribution >= 0.6 is 0 Å². The number of methoxy groups -OCH3 is 1. The predicted molar refractivity (Wildman–Crippen MR) is 129 cm³/mol. The van der Waals surface area contributed by atoms with Crippen LogP contribution in [0.2, 0.25) is 0 Å². The van der Waals surface area contributed by atoms with Crippen molar-refractivity contribution < 1.29 is 14.5 Å². The molecule has 1 fully saturated rings. The number of hydrogen-bond acceptors (Lipinski definition) is 6. The molecule has 0 radical (unpaired) electrons. The Balaban J connectivity index is 1.78. The molecule has 35 heavy (non-hydrogen) atoms. The number of rotatable bonds is 5. The van der Waals surface area contributed by atoms with Crippen molar-refractivity contribution in [3.05, 3.63) is 111 Å². The number of nitro benzene ring substituents is 1. The zero-order chi connectivity index (χ0) is 24.7. The highest BCUT2D eigenvalue weighted by Gasteiger charge is 2.64. The second kappa shape index (κ2) is 8.29. The van der Waals surface area contributed by atoms with Crippen molar-refractivity contribution in [2.75, 3.05) is 7.11 Å². The first-order valence-corrected chi connectivity index (χ1v) is 11.1. The molecule has 2 aliphatic heterocycles. The highest BCUT2D eigenvalue weighted by molar-refractivity contribution is 5.88. The normalized spacial score (nSPS) is 24.2. The maximum atomic E-state index is 13.3. The molecule has 8 nitrogen and oxygen atoms in total. The van der Waals surface area contributed by atoms with Gasteiger partial charge in [-0.15, -0.1) is 0 Å². The number of benzene rings is 3. The van der Waals surface area contributed by atoms with Crippen molar-refractivity contribution in [2.24, 2.45) is 11.1 Å². The average Bonchev–Trinajstić information content (AvgIpc) is 3.20. The summed E-state index contributed by atoms with van der Waals surface area (Å²) in [5, 5.41) is 21.9. The maximum Gasteiger partial charge on any atom is 0.269 e. The van der Waals surface area contributed by atoms with Crippen molar-refractivity contribution in [3.63, 3.8) is 0 Å². The molecule has 0 saturated carbocycles. The Morgan fingerprint density at radius 3 is 2.34 bits per heavy atom. The second-order valence-corrected chi connectivity index (χ2v) is 8.68. The van der Waals surface area contributed by atoms with Crippen molar-refractivity contribution in [2.45, 2.75) is 18.0 Å². The lowest BCUT2D eigenvalue weighted by Gasteiger charge is -2.36. The van der Waals surface area contributed by atoms with Crippen molar-refractivity contribution in [1.29, 1.82) is 5.26 Å². The number of hydrogen-bond donors (Lipinski definition) is 1. The lowest BCUT2D eigenvalue weighted by atomic mass is 9.66. The molecule has 1 saturated heterocycles. The van der Waals surface area contributed by atoms with Gasteiger partial charge in [0.05, 0.1) is 30.2 Å². The molecule has 8 heteroatoms. The van der Waals surface area contributed by atoms with Gasteiger partial charge in [-0.3, -0.25) is 14.9 Å². The highest BCUT2D eigenvalue weighted by atomic mass is 16.6. The molecule has 5 rings (SSSR count). The Morgan fingerprint density at radius 1 is 1.09 bits per heavy atom. The van der Waals surface area contributed by atoms with E-state index in [4.69, 9.17) is 10.5 Å². The zero-order valence-electron chi connectivity index (χ0n) is 18.9. The first-order chi connectivity index (χ1) is 16.9. The molecule has 3 aromatic carbocycles. The van der Waals surface area contributed by atoms with Gasteiger partial charge in [0, 0.05) is 24.3 Å². The molecule has 0 spiro atoms. The average molecular weight is 466 g/mol. The number of nitro groups is 1. The Morgan fingerprint density at radius 2 is 1.74 bits per heavy atom. The number of carbonyl (C=O) groups is 1. The summed E-state index contributed by atoms with van der Waals surface area (Å²) in [5.41, 5.74) is 7.65. The summed E-state index contributed by atoms with van der Waals surface area (Å²) in [4.78, 5) is 26.1. The Hall–Kier alpha value is -4.64. The van der Waals surface area contributed by atoms with Gasteiger partial charge in [-0.25, -0.2) is 0 Å². The van der Waals surface area contributed by atoms with Gasteiger partial charge in [-0.2, -0.15) is 5.26 Å². The Bertz CT molecular complexity index is 1380. The van der Waals surface area contributed by atoms with Crippen molar-refractivity contribution in [3.8, 4) is 11.8 Å². The quantitative estimate of drug-likeness (QED) is 0.437. The van der Waals surface area contributed by atoms with E-state index in [9.17, 15) is 20.2 Å². The van der Waals surface area contributed by atoms with Crippen LogP contribution in [0.4, 0.5) is 5.69 Å². The van der Waals surface area contributed by atoms with Gasteiger partial charge in [0.25, 0.3) is 5.69 Å². The second-order valence-electron chi connectivity index (χ2n) is 8.68. The minimum Gasteiger partial charge on any atom is -0.497 e. The number of primary amides is 1. The van der Waals surface area contributed by atoms with Gasteiger partial charge < -0.3 is 15.4 Å². The standard InChI is InChI=1S/C27H22N4O4/c1-35-21-12-8-18(9-13-21)23-24(19-6-10-20(11-7-19)31(33)34)30-15-14-17-4-2-3-5-22(17)25(30)27(23,16-28)26(29)32/h2-15,23-25H,1H3,(H2,29,32)/t23-,24-,25?,27-/m0/s1. The summed E-state index contributed by atoms with van der Waals surface area (Å²) in [6.07, 6.45) is 3.83. The summed E-state index contributed by atoms with van der Waals surface area (Å²) < 4.78 is 5.30. The Kier molecular flexibility index (Phi) is 5.25. The molecule has 2 aliphatic rings. The highest BCUT2D eigenvalue weighted by Crippen LogP contribution is 2.64. The van der Waals surface area contributed by atoms with E-state index in [-0.39, 0.29) is 5.69 Å². The van der Waals surface area contributed by atoms with E-state index in [2.05, 4.69) is 6.07 Å². The number of nitriles is 1. The summed E-state index contributed by atoms with van der Waals surface area (Å²) in [6, 6.07) is 22.3. The van der Waals surface area contributed by atoms with Crippen molar-refractivity contribution in [1.82, 2.24) is 4.90 Å². The molecule has 4 atom stereocenters. The molecule has 3 aromatic rings. The van der Waals surface area contributed by atoms with Gasteiger partial charge in [0.2, 0.25) is 5.91 Å². The van der Waals surface area contributed by atoms with E-state index in [0.717, 1.165) is 22.3 Å². The number of fused-ring (bicyclic) bond motifs is 3. The van der Waals surface area contributed by atoms with Gasteiger partial charge >= 0.3 is 0 Å². The summed E-state index contributed by atoms with van der Waals surface area (Å²) in [7, 11) is 1.56. The lowest BCUT2D eigenvalue weighted by molar-refractivity contribution is -0.384. The van der Waals surface area contributed by atoms with Crippen LogP contribution in [-0.4, -0.2) is 22.8 Å². The third-order valence-corrected chi connectivity index (χ3v) is 7.09. The van der Waals surface area contributed by atoms with Crippen LogP contribution in [0.15, 0.2) is 79.0 Å². The number of nitrogens with two attached hydrogens (primary N) is 1. The topological polar surface area (TPSA) is 122 Å². The third kappa shape index (κ3) is 3.24. The SMILES string of the molecule is COc1ccc([C@H]2[C@H](c3ccc([N+](=O)[O-])cc3)N3C=Cc4ccccc4C3[C@@]2(C#N)C(N)=O)cc1. The molecule has 1 unspecified atom stereocenters. The van der Waals surface area contributed by atoms with E-state index in [1.54, 1.807) is 31.4 Å². The number of amides is 1. The van der Waals surface area contributed by atoms with Crippen LogP contribution in [0.1, 0.15) is 40.3 Å². The predicted octanol–water partition coefficient (Wildman–Crippen LogP) is 4.46. The number of ether oxygens (including phenoxy) is 1. The van der Waals surface area contributed by atoms with Gasteiger partial charge in [-0.05, 0) is 40.5 Å². The minimum absolute atomic E-state index is 0.0368. The number of carbonyl (C=O) groups excluding carboxylic acids is 1. The fourth-order valence-electron chi connectivity index (χ4n) is 5.54. The van der Waals surface area contributed by atoms with Gasteiger partial charge in [0.1, 0.15) is 5.75 Å². The molecular formula is C27H22N4O4. The van der Waals surface area contributed by atoms with Crippen LogP contribution in [0.5, 0.6) is 5.75 Å². The summed E-state index contributed by atoms with van der Waals surface area (Å²) in [5.74, 6) is -0.730. The van der Waals surface area contributed by atoms with E-state index in [0.29, 0.717) is 5.75 Å². The molecule has 2 heterocycles. The van der Waals surface area contributed by atoms with Crippen LogP contribution in [0.3, 0.4) is 0 Å². The van der Waals surface area contributed by atoms with E-state index >= 15 is 0 Å². The minimum atomic E-state index is -1.61. The van der Waals surface area contributed by atoms with Gasteiger partial charge in [0.15, 0.2) is 5.41 Å². The van der Waals surface area contributed by atoms with Crippen molar-refractivity contribution >= 4 is 17.7 Å². The fourth-order valence-corrected chi connectivity index (χ4v) is 5.54. The van der Waals surface area contributed by atoms with Gasteiger partial charge in [-0.1, -0.05) is 48.5 Å². The molecule has 174 valence electrons. The molecule has 0 aliphatic carbocycles. The van der Waals surface area contributed by atoms with Crippen LogP contribution < -0.4 is 10.5 Å². The third-order valence-electron chi connectivity index (χ3n) is 7.09. The largest absolute Gasteiger partial charge is 0.497 e. The molecule has 1 amide bonds. The summed E-state index contributed by atoms with van der Waals surface area (Å²) >= 11 is 0. The van der Waals surface area contributed by atoms with Crippen LogP contribution in [0, 0.1) is 26.9 Å². The summed E-state index contributed by atoms with van der Waals surface area (Å²) in [6.45, 7) is 0. The lowest BCUT2D eigenvalue weighted by Crippen LogP contribution is -2.44. The zero-order valence-corrected chi connectivity index (χ0v) is 18.9. The Labute approximate surface area is 202 Å². The maximum absolute atomic E-state index is 13.3. The first-order valence-electron chi connectivity index (χ1n) is 11.1. The molecule has 0 aromatic heterocycles. The number of non-ortho nitro benzene ring substituents is 1. The van der Waals surface area contributed by atoms with E-state index in [1.165, 1.54) is 12.1 Å². The smallest absolute Gasteiger partial charge is 0.269 e. The molecule has 2 N–H and O–H groups in total.